The summed E-state index contributed by atoms with van der Waals surface area (Å²) in [7, 11) is 0. The van der Waals surface area contributed by atoms with Gasteiger partial charge in [0.25, 0.3) is 0 Å². The van der Waals surface area contributed by atoms with E-state index in [0.29, 0.717) is 6.04 Å². The molecule has 3 heteroatoms. The minimum Gasteiger partial charge on any atom is -0.309 e. The maximum Gasteiger partial charge on any atom is 0.0574 e. The first kappa shape index (κ1) is 12.4. The van der Waals surface area contributed by atoms with Crippen molar-refractivity contribution in [3.8, 4) is 0 Å². The van der Waals surface area contributed by atoms with Crippen LogP contribution in [0.5, 0.6) is 0 Å². The molecule has 0 amide bonds. The van der Waals surface area contributed by atoms with Gasteiger partial charge in [-0.1, -0.05) is 13.0 Å². The number of halogens is 1. The van der Waals surface area contributed by atoms with E-state index in [1.54, 1.807) is 0 Å². The van der Waals surface area contributed by atoms with Crippen molar-refractivity contribution in [3.63, 3.8) is 0 Å². The molecule has 2 nitrogen and oxygen atoms in total. The van der Waals surface area contributed by atoms with Gasteiger partial charge in [-0.15, -0.1) is 6.58 Å². The van der Waals surface area contributed by atoms with E-state index in [2.05, 4.69) is 45.8 Å². The Morgan fingerprint density at radius 1 is 1.60 bits per heavy atom. The van der Waals surface area contributed by atoms with E-state index < -0.39 is 0 Å². The highest BCUT2D eigenvalue weighted by molar-refractivity contribution is 9.10. The second-order valence-electron chi connectivity index (χ2n) is 3.38. The van der Waals surface area contributed by atoms with Crippen molar-refractivity contribution in [1.29, 1.82) is 0 Å². The van der Waals surface area contributed by atoms with Crippen LogP contribution in [0.2, 0.25) is 0 Å². The molecule has 0 spiro atoms. The standard InChI is InChI=1S/C12H17BrN2/c1-3-5-6-11(14-4-2)12-8-7-10(13)9-15-12/h3,7-9,11,14H,1,4-6H2,2H3. The normalized spacial score (nSPS) is 12.4. The van der Waals surface area contributed by atoms with Crippen LogP contribution >= 0.6 is 15.9 Å². The lowest BCUT2D eigenvalue weighted by molar-refractivity contribution is 0.508. The van der Waals surface area contributed by atoms with E-state index in [9.17, 15) is 0 Å². The number of hydrogen-bond donors (Lipinski definition) is 1. The van der Waals surface area contributed by atoms with Crippen molar-refractivity contribution in [1.82, 2.24) is 10.3 Å². The zero-order valence-corrected chi connectivity index (χ0v) is 10.6. The van der Waals surface area contributed by atoms with Crippen molar-refractivity contribution in [2.75, 3.05) is 6.54 Å². The summed E-state index contributed by atoms with van der Waals surface area (Å²) in [5.74, 6) is 0. The smallest absolute Gasteiger partial charge is 0.0574 e. The number of nitrogens with one attached hydrogen (secondary N) is 1. The largest absolute Gasteiger partial charge is 0.309 e. The monoisotopic (exact) mass is 268 g/mol. The van der Waals surface area contributed by atoms with Gasteiger partial charge in [0.15, 0.2) is 0 Å². The summed E-state index contributed by atoms with van der Waals surface area (Å²) < 4.78 is 1.02. The van der Waals surface area contributed by atoms with Crippen molar-refractivity contribution < 1.29 is 0 Å². The first-order valence-electron chi connectivity index (χ1n) is 5.23. The summed E-state index contributed by atoms with van der Waals surface area (Å²) >= 11 is 3.39. The van der Waals surface area contributed by atoms with Crippen LogP contribution in [0.3, 0.4) is 0 Å². The molecule has 0 aliphatic rings. The number of pyridine rings is 1. The third-order valence-electron chi connectivity index (χ3n) is 2.22. The molecular formula is C12H17BrN2. The summed E-state index contributed by atoms with van der Waals surface area (Å²) in [6.07, 6.45) is 5.85. The quantitative estimate of drug-likeness (QED) is 0.800. The first-order chi connectivity index (χ1) is 7.27. The predicted octanol–water partition coefficient (Wildman–Crippen LogP) is 3.46. The molecule has 1 aromatic rings. The Kier molecular flexibility index (Phi) is 5.58. The predicted molar refractivity (Wildman–Crippen MR) is 67.8 cm³/mol. The van der Waals surface area contributed by atoms with Crippen LogP contribution in [0.1, 0.15) is 31.5 Å². The van der Waals surface area contributed by atoms with Crippen LogP contribution < -0.4 is 5.32 Å². The molecule has 0 aliphatic heterocycles. The Labute approximate surface area is 99.9 Å². The van der Waals surface area contributed by atoms with Gasteiger partial charge in [-0.05, 0) is 47.4 Å². The average molecular weight is 269 g/mol. The van der Waals surface area contributed by atoms with E-state index in [1.807, 2.05) is 18.3 Å². The Bertz CT molecular complexity index is 295. The maximum atomic E-state index is 4.41. The van der Waals surface area contributed by atoms with E-state index in [0.717, 1.165) is 29.6 Å². The molecule has 15 heavy (non-hydrogen) atoms. The zero-order chi connectivity index (χ0) is 11.1. The topological polar surface area (TPSA) is 24.9 Å². The molecule has 0 radical (unpaired) electrons. The Morgan fingerprint density at radius 2 is 2.40 bits per heavy atom. The average Bonchev–Trinajstić information content (AvgIpc) is 2.25. The summed E-state index contributed by atoms with van der Waals surface area (Å²) in [5.41, 5.74) is 1.10. The number of aromatic nitrogens is 1. The molecule has 0 saturated heterocycles. The molecule has 0 aromatic carbocycles. The van der Waals surface area contributed by atoms with E-state index in [-0.39, 0.29) is 0 Å². The molecule has 0 saturated carbocycles. The van der Waals surface area contributed by atoms with Crippen LogP contribution in [-0.4, -0.2) is 11.5 Å². The van der Waals surface area contributed by atoms with E-state index in [4.69, 9.17) is 0 Å². The lowest BCUT2D eigenvalue weighted by atomic mass is 10.1. The summed E-state index contributed by atoms with van der Waals surface area (Å²) in [6.45, 7) is 6.81. The van der Waals surface area contributed by atoms with Gasteiger partial charge in [0.05, 0.1) is 5.69 Å². The lowest BCUT2D eigenvalue weighted by Gasteiger charge is -2.16. The third kappa shape index (κ3) is 4.14. The number of hydrogen-bond acceptors (Lipinski definition) is 2. The third-order valence-corrected chi connectivity index (χ3v) is 2.69. The van der Waals surface area contributed by atoms with E-state index >= 15 is 0 Å². The minimum absolute atomic E-state index is 0.334. The van der Waals surface area contributed by atoms with Crippen molar-refractivity contribution >= 4 is 15.9 Å². The number of nitrogens with zero attached hydrogens (tertiary/aromatic N) is 1. The molecule has 1 unspecified atom stereocenters. The molecule has 1 N–H and O–H groups in total. The lowest BCUT2D eigenvalue weighted by Crippen LogP contribution is -2.21. The van der Waals surface area contributed by atoms with E-state index in [1.165, 1.54) is 0 Å². The molecule has 0 bridgehead atoms. The zero-order valence-electron chi connectivity index (χ0n) is 9.04. The molecule has 82 valence electrons. The van der Waals surface area contributed by atoms with Gasteiger partial charge < -0.3 is 5.32 Å². The van der Waals surface area contributed by atoms with Gasteiger partial charge in [0.2, 0.25) is 0 Å². The maximum absolute atomic E-state index is 4.41. The molecule has 1 aromatic heterocycles. The molecule has 1 rings (SSSR count). The fraction of sp³-hybridized carbons (Fsp3) is 0.417. The summed E-state index contributed by atoms with van der Waals surface area (Å²) in [6, 6.07) is 4.42. The van der Waals surface area contributed by atoms with Gasteiger partial charge in [-0.2, -0.15) is 0 Å². The Morgan fingerprint density at radius 3 is 2.93 bits per heavy atom. The number of rotatable bonds is 6. The number of allylic oxidation sites excluding steroid dienone is 1. The van der Waals surface area contributed by atoms with Gasteiger partial charge in [0.1, 0.15) is 0 Å². The highest BCUT2D eigenvalue weighted by Crippen LogP contribution is 2.18. The highest BCUT2D eigenvalue weighted by atomic mass is 79.9. The van der Waals surface area contributed by atoms with Crippen LogP contribution in [0.4, 0.5) is 0 Å². The van der Waals surface area contributed by atoms with Gasteiger partial charge in [0, 0.05) is 16.7 Å². The minimum atomic E-state index is 0.334. The highest BCUT2D eigenvalue weighted by Gasteiger charge is 2.09. The molecule has 1 heterocycles. The second-order valence-corrected chi connectivity index (χ2v) is 4.29. The van der Waals surface area contributed by atoms with Crippen LogP contribution in [0.15, 0.2) is 35.5 Å². The molecular weight excluding hydrogens is 252 g/mol. The van der Waals surface area contributed by atoms with Gasteiger partial charge >= 0.3 is 0 Å². The van der Waals surface area contributed by atoms with Crippen LogP contribution in [0, 0.1) is 0 Å². The molecule has 0 aliphatic carbocycles. The van der Waals surface area contributed by atoms with Gasteiger partial charge in [-0.25, -0.2) is 0 Å². The molecule has 1 atom stereocenters. The fourth-order valence-electron chi connectivity index (χ4n) is 1.48. The first-order valence-corrected chi connectivity index (χ1v) is 6.03. The fourth-order valence-corrected chi connectivity index (χ4v) is 1.71. The summed E-state index contributed by atoms with van der Waals surface area (Å²) in [4.78, 5) is 4.41. The van der Waals surface area contributed by atoms with Crippen molar-refractivity contribution in [3.05, 3.63) is 41.2 Å². The second kappa shape index (κ2) is 6.75. The molecule has 0 fully saturated rings. The van der Waals surface area contributed by atoms with Crippen LogP contribution in [-0.2, 0) is 0 Å². The van der Waals surface area contributed by atoms with Crippen molar-refractivity contribution in [2.45, 2.75) is 25.8 Å². The Hall–Kier alpha value is -0.670. The van der Waals surface area contributed by atoms with Crippen molar-refractivity contribution in [2.24, 2.45) is 0 Å². The van der Waals surface area contributed by atoms with Crippen LogP contribution in [0.25, 0.3) is 0 Å². The summed E-state index contributed by atoms with van der Waals surface area (Å²) in [5, 5.41) is 3.43. The van der Waals surface area contributed by atoms with Gasteiger partial charge in [-0.3, -0.25) is 4.98 Å². The Balaban J connectivity index is 2.69. The SMILES string of the molecule is C=CCCC(NCC)c1ccc(Br)cn1.